The summed E-state index contributed by atoms with van der Waals surface area (Å²) < 4.78 is 0. The molecule has 0 bridgehead atoms. The Bertz CT molecular complexity index is 929. The van der Waals surface area contributed by atoms with Crippen LogP contribution in [-0.4, -0.2) is 11.6 Å². The summed E-state index contributed by atoms with van der Waals surface area (Å²) in [6.45, 7) is 6.08. The van der Waals surface area contributed by atoms with Crippen LogP contribution in [0.2, 0.25) is 0 Å². The Hall–Kier alpha value is -2.22. The number of Topliss-reactive ketones (excluding diaryl/α,β-unsaturated/α-hetero) is 2. The van der Waals surface area contributed by atoms with E-state index in [-0.39, 0.29) is 22.9 Å². The van der Waals surface area contributed by atoms with E-state index in [1.807, 2.05) is 6.07 Å². The fourth-order valence-electron chi connectivity index (χ4n) is 6.00. The van der Waals surface area contributed by atoms with Gasteiger partial charge in [-0.05, 0) is 66.8 Å². The van der Waals surface area contributed by atoms with Crippen molar-refractivity contribution in [2.45, 2.75) is 71.1 Å². The molecule has 0 radical (unpaired) electrons. The zero-order chi connectivity index (χ0) is 20.6. The van der Waals surface area contributed by atoms with Crippen LogP contribution in [0.5, 0.6) is 0 Å². The number of carbonyl (C=O) groups is 2. The van der Waals surface area contributed by atoms with E-state index in [2.05, 4.69) is 50.2 Å². The van der Waals surface area contributed by atoms with Gasteiger partial charge in [-0.1, -0.05) is 69.5 Å². The summed E-state index contributed by atoms with van der Waals surface area (Å²) in [6.07, 6.45) is 7.50. The lowest BCUT2D eigenvalue weighted by Crippen LogP contribution is -2.32. The molecule has 152 valence electrons. The molecular weight excluding hydrogens is 356 g/mol. The third-order valence-corrected chi connectivity index (χ3v) is 7.60. The first kappa shape index (κ1) is 20.1. The van der Waals surface area contributed by atoms with Crippen molar-refractivity contribution in [3.05, 3.63) is 59.2 Å². The third kappa shape index (κ3) is 3.17. The van der Waals surface area contributed by atoms with Crippen LogP contribution in [0.15, 0.2) is 42.5 Å². The van der Waals surface area contributed by atoms with Gasteiger partial charge in [-0.2, -0.15) is 0 Å². The fourth-order valence-corrected chi connectivity index (χ4v) is 6.00. The molecule has 1 atom stereocenters. The van der Waals surface area contributed by atoms with Crippen molar-refractivity contribution in [3.63, 3.8) is 0 Å². The summed E-state index contributed by atoms with van der Waals surface area (Å²) in [5, 5.41) is 0. The van der Waals surface area contributed by atoms with Crippen molar-refractivity contribution in [1.82, 2.24) is 0 Å². The summed E-state index contributed by atoms with van der Waals surface area (Å²) in [5.74, 6) is -0.205. The van der Waals surface area contributed by atoms with Crippen molar-refractivity contribution in [2.24, 2.45) is 11.8 Å². The normalized spacial score (nSPS) is 18.7. The Morgan fingerprint density at radius 1 is 0.931 bits per heavy atom. The highest BCUT2D eigenvalue weighted by Crippen LogP contribution is 2.52. The Morgan fingerprint density at radius 3 is 2.24 bits per heavy atom. The highest BCUT2D eigenvalue weighted by molar-refractivity contribution is 6.10. The molecule has 4 rings (SSSR count). The van der Waals surface area contributed by atoms with Crippen LogP contribution in [0.25, 0.3) is 11.1 Å². The number of carbonyl (C=O) groups excluding carboxylic acids is 2. The lowest BCUT2D eigenvalue weighted by atomic mass is 9.72. The van der Waals surface area contributed by atoms with E-state index < -0.39 is 5.92 Å². The SMILES string of the molecule is CCC1(CC)c2ccccc2-c2ccc(C(=O)C(C(C)=O)C3CCCCC3)cc21. The van der Waals surface area contributed by atoms with Crippen LogP contribution in [-0.2, 0) is 10.2 Å². The van der Waals surface area contributed by atoms with Gasteiger partial charge >= 0.3 is 0 Å². The second kappa shape index (κ2) is 7.89. The van der Waals surface area contributed by atoms with Gasteiger partial charge < -0.3 is 0 Å². The molecule has 29 heavy (non-hydrogen) atoms. The van der Waals surface area contributed by atoms with E-state index in [1.54, 1.807) is 6.92 Å². The average molecular weight is 389 g/mol. The van der Waals surface area contributed by atoms with E-state index in [0.717, 1.165) is 38.5 Å². The minimum atomic E-state index is -0.477. The number of rotatable bonds is 6. The zero-order valence-corrected chi connectivity index (χ0v) is 18.0. The first-order valence-corrected chi connectivity index (χ1v) is 11.3. The van der Waals surface area contributed by atoms with Crippen LogP contribution < -0.4 is 0 Å². The molecule has 0 N–H and O–H groups in total. The topological polar surface area (TPSA) is 34.1 Å². The minimum Gasteiger partial charge on any atom is -0.299 e. The fraction of sp³-hybridized carbons (Fsp3) is 0.481. The summed E-state index contributed by atoms with van der Waals surface area (Å²) in [7, 11) is 0. The van der Waals surface area contributed by atoms with E-state index in [0.29, 0.717) is 5.56 Å². The lowest BCUT2D eigenvalue weighted by molar-refractivity contribution is -0.121. The number of benzene rings is 2. The maximum Gasteiger partial charge on any atom is 0.173 e. The largest absolute Gasteiger partial charge is 0.299 e. The highest BCUT2D eigenvalue weighted by atomic mass is 16.1. The molecule has 1 saturated carbocycles. The van der Waals surface area contributed by atoms with E-state index in [9.17, 15) is 9.59 Å². The molecule has 2 aliphatic rings. The molecular formula is C27H32O2. The van der Waals surface area contributed by atoms with Gasteiger partial charge in [0.2, 0.25) is 0 Å². The van der Waals surface area contributed by atoms with E-state index >= 15 is 0 Å². The molecule has 0 saturated heterocycles. The predicted molar refractivity (Wildman–Crippen MR) is 118 cm³/mol. The Balaban J connectivity index is 1.77. The summed E-state index contributed by atoms with van der Waals surface area (Å²) in [4.78, 5) is 26.0. The van der Waals surface area contributed by atoms with Crippen molar-refractivity contribution in [1.29, 1.82) is 0 Å². The molecule has 1 fully saturated rings. The predicted octanol–water partition coefficient (Wildman–Crippen LogP) is 6.74. The van der Waals surface area contributed by atoms with Crippen LogP contribution in [0, 0.1) is 11.8 Å². The van der Waals surface area contributed by atoms with E-state index in [1.165, 1.54) is 28.7 Å². The van der Waals surface area contributed by atoms with Crippen molar-refractivity contribution in [3.8, 4) is 11.1 Å². The molecule has 1 unspecified atom stereocenters. The molecule has 0 spiro atoms. The average Bonchev–Trinajstić information content (AvgIpc) is 3.04. The van der Waals surface area contributed by atoms with E-state index in [4.69, 9.17) is 0 Å². The standard InChI is InChI=1S/C27H32O2/c1-4-27(5-2)23-14-10-9-13-21(23)22-16-15-20(17-24(22)27)26(29)25(18(3)28)19-11-7-6-8-12-19/h9-10,13-17,19,25H,4-8,11-12H2,1-3H3. The second-order valence-electron chi connectivity index (χ2n) is 8.95. The molecule has 2 aromatic rings. The number of hydrogen-bond donors (Lipinski definition) is 0. The number of fused-ring (bicyclic) bond motifs is 3. The first-order valence-electron chi connectivity index (χ1n) is 11.3. The van der Waals surface area contributed by atoms with Crippen LogP contribution in [0.4, 0.5) is 0 Å². The smallest absolute Gasteiger partial charge is 0.173 e. The van der Waals surface area contributed by atoms with Crippen molar-refractivity contribution < 1.29 is 9.59 Å². The maximum absolute atomic E-state index is 13.5. The minimum absolute atomic E-state index is 0.0305. The molecule has 2 heteroatoms. The molecule has 2 aromatic carbocycles. The molecule has 0 aromatic heterocycles. The molecule has 2 aliphatic carbocycles. The van der Waals surface area contributed by atoms with Gasteiger partial charge in [0.25, 0.3) is 0 Å². The summed E-state index contributed by atoms with van der Waals surface area (Å²) in [6, 6.07) is 14.8. The van der Waals surface area contributed by atoms with Crippen molar-refractivity contribution >= 4 is 11.6 Å². The number of ketones is 2. The monoisotopic (exact) mass is 388 g/mol. The van der Waals surface area contributed by atoms with Gasteiger partial charge in [-0.3, -0.25) is 9.59 Å². The zero-order valence-electron chi connectivity index (χ0n) is 18.0. The van der Waals surface area contributed by atoms with Crippen molar-refractivity contribution in [2.75, 3.05) is 0 Å². The van der Waals surface area contributed by atoms with Crippen LogP contribution >= 0.6 is 0 Å². The van der Waals surface area contributed by atoms with Gasteiger partial charge in [-0.25, -0.2) is 0 Å². The molecule has 0 heterocycles. The van der Waals surface area contributed by atoms with Gasteiger partial charge in [-0.15, -0.1) is 0 Å². The first-order chi connectivity index (χ1) is 14.0. The van der Waals surface area contributed by atoms with Crippen LogP contribution in [0.1, 0.15) is 87.2 Å². The number of hydrogen-bond acceptors (Lipinski definition) is 2. The Morgan fingerprint density at radius 2 is 1.59 bits per heavy atom. The third-order valence-electron chi connectivity index (χ3n) is 7.60. The van der Waals surface area contributed by atoms with Gasteiger partial charge in [0.1, 0.15) is 5.78 Å². The maximum atomic E-state index is 13.5. The Labute approximate surface area is 174 Å². The highest BCUT2D eigenvalue weighted by Gasteiger charge is 2.41. The molecule has 2 nitrogen and oxygen atoms in total. The quantitative estimate of drug-likeness (QED) is 0.405. The summed E-state index contributed by atoms with van der Waals surface area (Å²) in [5.41, 5.74) is 5.85. The molecule has 0 amide bonds. The molecule has 0 aliphatic heterocycles. The van der Waals surface area contributed by atoms with Crippen LogP contribution in [0.3, 0.4) is 0 Å². The van der Waals surface area contributed by atoms with Gasteiger partial charge in [0.05, 0.1) is 5.92 Å². The van der Waals surface area contributed by atoms with Gasteiger partial charge in [0.15, 0.2) is 5.78 Å². The lowest BCUT2D eigenvalue weighted by Gasteiger charge is -2.30. The Kier molecular flexibility index (Phi) is 5.46. The van der Waals surface area contributed by atoms with Gasteiger partial charge in [0, 0.05) is 11.0 Å². The summed E-state index contributed by atoms with van der Waals surface area (Å²) >= 11 is 0. The second-order valence-corrected chi connectivity index (χ2v) is 8.95.